The van der Waals surface area contributed by atoms with Crippen LogP contribution in [0.5, 0.6) is 5.75 Å². The summed E-state index contributed by atoms with van der Waals surface area (Å²) >= 11 is 6.03. The molecule has 0 saturated carbocycles. The molecule has 5 nitrogen and oxygen atoms in total. The van der Waals surface area contributed by atoms with Gasteiger partial charge in [-0.1, -0.05) is 29.8 Å². The number of piperazine rings is 1. The maximum absolute atomic E-state index is 12.9. The SMILES string of the molecule is CCNC(=O)[C@@H]1Cc2ccc(OC)cc2N2CCN(Cc3ccc(Cl)cc3)C[C@H]12. The van der Waals surface area contributed by atoms with Crippen LogP contribution in [-0.4, -0.2) is 50.1 Å². The average molecular weight is 414 g/mol. The van der Waals surface area contributed by atoms with Crippen LogP contribution in [0.3, 0.4) is 0 Å². The highest BCUT2D eigenvalue weighted by molar-refractivity contribution is 6.30. The minimum atomic E-state index is -0.0520. The third-order valence-corrected chi connectivity index (χ3v) is 6.27. The zero-order valence-electron chi connectivity index (χ0n) is 17.0. The average Bonchev–Trinajstić information content (AvgIpc) is 2.74. The number of nitrogens with zero attached hydrogens (tertiary/aromatic N) is 2. The van der Waals surface area contributed by atoms with Gasteiger partial charge < -0.3 is 15.0 Å². The fraction of sp³-hybridized carbons (Fsp3) is 0.435. The van der Waals surface area contributed by atoms with Crippen molar-refractivity contribution in [3.63, 3.8) is 0 Å². The Bertz CT molecular complexity index is 871. The van der Waals surface area contributed by atoms with Crippen molar-refractivity contribution in [2.45, 2.75) is 25.9 Å². The van der Waals surface area contributed by atoms with Crippen LogP contribution in [-0.2, 0) is 17.8 Å². The Morgan fingerprint density at radius 3 is 2.72 bits per heavy atom. The molecule has 2 heterocycles. The molecule has 6 heteroatoms. The number of anilines is 1. The number of hydrogen-bond acceptors (Lipinski definition) is 4. The zero-order valence-corrected chi connectivity index (χ0v) is 17.8. The maximum atomic E-state index is 12.9. The lowest BCUT2D eigenvalue weighted by Gasteiger charge is -2.49. The number of hydrogen-bond donors (Lipinski definition) is 1. The number of halogens is 1. The highest BCUT2D eigenvalue weighted by Crippen LogP contribution is 2.38. The number of benzene rings is 2. The third kappa shape index (κ3) is 4.21. The first-order chi connectivity index (χ1) is 14.1. The van der Waals surface area contributed by atoms with Gasteiger partial charge in [-0.2, -0.15) is 0 Å². The van der Waals surface area contributed by atoms with Gasteiger partial charge in [0.1, 0.15) is 5.75 Å². The van der Waals surface area contributed by atoms with Crippen LogP contribution in [0.1, 0.15) is 18.1 Å². The van der Waals surface area contributed by atoms with Crippen molar-refractivity contribution in [1.82, 2.24) is 10.2 Å². The molecule has 0 spiro atoms. The van der Waals surface area contributed by atoms with Gasteiger partial charge in [-0.05, 0) is 42.7 Å². The van der Waals surface area contributed by atoms with E-state index < -0.39 is 0 Å². The minimum absolute atomic E-state index is 0.0520. The summed E-state index contributed by atoms with van der Waals surface area (Å²) in [5, 5.41) is 3.81. The first kappa shape index (κ1) is 20.0. The van der Waals surface area contributed by atoms with E-state index in [2.05, 4.69) is 39.4 Å². The van der Waals surface area contributed by atoms with Crippen molar-refractivity contribution in [2.75, 3.05) is 38.2 Å². The van der Waals surface area contributed by atoms with Crippen LogP contribution in [0.2, 0.25) is 5.02 Å². The van der Waals surface area contributed by atoms with E-state index in [4.69, 9.17) is 16.3 Å². The van der Waals surface area contributed by atoms with Crippen molar-refractivity contribution in [2.24, 2.45) is 5.92 Å². The number of rotatable bonds is 5. The lowest BCUT2D eigenvalue weighted by Crippen LogP contribution is -2.60. The Morgan fingerprint density at radius 2 is 2.00 bits per heavy atom. The summed E-state index contributed by atoms with van der Waals surface area (Å²) in [7, 11) is 1.70. The molecule has 2 aliphatic rings. The van der Waals surface area contributed by atoms with Crippen molar-refractivity contribution in [3.05, 3.63) is 58.6 Å². The molecule has 29 heavy (non-hydrogen) atoms. The molecule has 2 atom stereocenters. The molecule has 0 radical (unpaired) electrons. The number of carbonyl (C=O) groups is 1. The Kier molecular flexibility index (Phi) is 5.97. The smallest absolute Gasteiger partial charge is 0.225 e. The number of carbonyl (C=O) groups excluding carboxylic acids is 1. The van der Waals surface area contributed by atoms with E-state index in [1.54, 1.807) is 7.11 Å². The van der Waals surface area contributed by atoms with Crippen LogP contribution in [0.4, 0.5) is 5.69 Å². The number of ether oxygens (including phenoxy) is 1. The van der Waals surface area contributed by atoms with E-state index in [9.17, 15) is 4.79 Å². The van der Waals surface area contributed by atoms with Gasteiger partial charge in [0, 0.05) is 49.5 Å². The monoisotopic (exact) mass is 413 g/mol. The molecule has 0 unspecified atom stereocenters. The lowest BCUT2D eigenvalue weighted by atomic mass is 9.83. The van der Waals surface area contributed by atoms with E-state index in [0.717, 1.165) is 43.4 Å². The van der Waals surface area contributed by atoms with Crippen LogP contribution < -0.4 is 15.0 Å². The van der Waals surface area contributed by atoms with Crippen LogP contribution in [0.25, 0.3) is 0 Å². The molecule has 1 fully saturated rings. The third-order valence-electron chi connectivity index (χ3n) is 6.02. The van der Waals surface area contributed by atoms with Crippen LogP contribution >= 0.6 is 11.6 Å². The number of fused-ring (bicyclic) bond motifs is 3. The second kappa shape index (κ2) is 8.64. The van der Waals surface area contributed by atoms with E-state index in [-0.39, 0.29) is 17.9 Å². The lowest BCUT2D eigenvalue weighted by molar-refractivity contribution is -0.126. The molecule has 0 aromatic heterocycles. The van der Waals surface area contributed by atoms with Crippen molar-refractivity contribution < 1.29 is 9.53 Å². The van der Waals surface area contributed by atoms with Crippen molar-refractivity contribution in [3.8, 4) is 5.75 Å². The van der Waals surface area contributed by atoms with Gasteiger partial charge in [-0.25, -0.2) is 0 Å². The summed E-state index contributed by atoms with van der Waals surface area (Å²) in [5.74, 6) is 0.962. The summed E-state index contributed by atoms with van der Waals surface area (Å²) in [5.41, 5.74) is 3.68. The quantitative estimate of drug-likeness (QED) is 0.816. The largest absolute Gasteiger partial charge is 0.497 e. The molecule has 154 valence electrons. The van der Waals surface area contributed by atoms with E-state index in [1.165, 1.54) is 16.8 Å². The molecule has 1 N–H and O–H groups in total. The molecule has 2 aliphatic heterocycles. The Labute approximate surface area is 177 Å². The summed E-state index contributed by atoms with van der Waals surface area (Å²) in [4.78, 5) is 17.8. The van der Waals surface area contributed by atoms with E-state index in [0.29, 0.717) is 6.54 Å². The topological polar surface area (TPSA) is 44.8 Å². The first-order valence-electron chi connectivity index (χ1n) is 10.3. The molecule has 4 rings (SSSR count). The molecule has 0 aliphatic carbocycles. The van der Waals surface area contributed by atoms with Gasteiger partial charge in [-0.15, -0.1) is 0 Å². The highest BCUT2D eigenvalue weighted by atomic mass is 35.5. The fourth-order valence-corrected chi connectivity index (χ4v) is 4.69. The highest BCUT2D eigenvalue weighted by Gasteiger charge is 2.41. The molecular weight excluding hydrogens is 386 g/mol. The van der Waals surface area contributed by atoms with Gasteiger partial charge in [0.05, 0.1) is 19.1 Å². The van der Waals surface area contributed by atoms with Crippen LogP contribution in [0, 0.1) is 5.92 Å². The summed E-state index contributed by atoms with van der Waals surface area (Å²) in [6, 6.07) is 14.4. The number of amides is 1. The second-order valence-corrected chi connectivity index (χ2v) is 8.26. The number of nitrogens with one attached hydrogen (secondary N) is 1. The molecule has 1 saturated heterocycles. The van der Waals surface area contributed by atoms with Crippen molar-refractivity contribution in [1.29, 1.82) is 0 Å². The summed E-state index contributed by atoms with van der Waals surface area (Å²) < 4.78 is 5.46. The van der Waals surface area contributed by atoms with Gasteiger partial charge >= 0.3 is 0 Å². The molecule has 2 aromatic rings. The summed E-state index contributed by atoms with van der Waals surface area (Å²) in [6.45, 7) is 6.22. The van der Waals surface area contributed by atoms with Gasteiger partial charge in [-0.3, -0.25) is 9.69 Å². The molecule has 0 bridgehead atoms. The number of methoxy groups -OCH3 is 1. The van der Waals surface area contributed by atoms with Crippen molar-refractivity contribution >= 4 is 23.2 Å². The first-order valence-corrected chi connectivity index (χ1v) is 10.6. The zero-order chi connectivity index (χ0) is 20.4. The summed E-state index contributed by atoms with van der Waals surface area (Å²) in [6.07, 6.45) is 0.765. The predicted molar refractivity (Wildman–Crippen MR) is 117 cm³/mol. The molecular formula is C23H28ClN3O2. The maximum Gasteiger partial charge on any atom is 0.225 e. The van der Waals surface area contributed by atoms with Gasteiger partial charge in [0.25, 0.3) is 0 Å². The predicted octanol–water partition coefficient (Wildman–Crippen LogP) is 3.35. The van der Waals surface area contributed by atoms with Gasteiger partial charge in [0.15, 0.2) is 0 Å². The van der Waals surface area contributed by atoms with Gasteiger partial charge in [0.2, 0.25) is 5.91 Å². The Balaban J connectivity index is 1.59. The molecule has 1 amide bonds. The fourth-order valence-electron chi connectivity index (χ4n) is 4.56. The molecule has 2 aromatic carbocycles. The standard InChI is InChI=1S/C23H28ClN3O2/c1-3-25-23(28)20-12-17-6-9-19(29-2)13-21(17)27-11-10-26(15-22(20)27)14-16-4-7-18(24)8-5-16/h4-9,13,20,22H,3,10-12,14-15H2,1-2H3,(H,25,28)/t20-,22-/m1/s1. The Hall–Kier alpha value is -2.24. The second-order valence-electron chi connectivity index (χ2n) is 7.82. The minimum Gasteiger partial charge on any atom is -0.497 e. The normalized spacial score (nSPS) is 21.3. The van der Waals surface area contributed by atoms with Crippen LogP contribution in [0.15, 0.2) is 42.5 Å². The Morgan fingerprint density at radius 1 is 1.21 bits per heavy atom. The van der Waals surface area contributed by atoms with E-state index in [1.807, 2.05) is 25.1 Å². The van der Waals surface area contributed by atoms with E-state index >= 15 is 0 Å².